The van der Waals surface area contributed by atoms with Gasteiger partial charge in [-0.05, 0) is 76.7 Å². The molecule has 36 heavy (non-hydrogen) atoms. The molecule has 0 amide bonds. The van der Waals surface area contributed by atoms with E-state index in [4.69, 9.17) is 0 Å². The van der Waals surface area contributed by atoms with Crippen molar-refractivity contribution in [3.05, 3.63) is 101 Å². The maximum Gasteiger partial charge on any atom is 0.0798 e. The van der Waals surface area contributed by atoms with E-state index in [0.717, 1.165) is 0 Å². The molecule has 0 radical (unpaired) electrons. The molecule has 0 saturated heterocycles. The van der Waals surface area contributed by atoms with E-state index in [1.54, 1.807) is 5.20 Å². The Morgan fingerprint density at radius 1 is 0.861 bits per heavy atom. The second-order valence-corrected chi connectivity index (χ2v) is 17.6. The van der Waals surface area contributed by atoms with Gasteiger partial charge in [-0.15, -0.1) is 0 Å². The number of benzene rings is 3. The van der Waals surface area contributed by atoms with Crippen LogP contribution in [0, 0.1) is 18.3 Å². The van der Waals surface area contributed by atoms with Crippen molar-refractivity contribution in [1.29, 1.82) is 0 Å². The highest BCUT2D eigenvalue weighted by Crippen LogP contribution is 2.42. The largest absolute Gasteiger partial charge is 0.381 e. The zero-order valence-corrected chi connectivity index (χ0v) is 24.1. The number of hydrogen-bond acceptors (Lipinski definition) is 1. The predicted octanol–water partition coefficient (Wildman–Crippen LogP) is 9.11. The normalized spacial score (nSPS) is 17.6. The molecule has 3 aromatic carbocycles. The lowest BCUT2D eigenvalue weighted by Crippen LogP contribution is -2.35. The van der Waals surface area contributed by atoms with Crippen molar-refractivity contribution in [3.63, 3.8) is 0 Å². The second-order valence-electron chi connectivity index (χ2n) is 12.6. The Balaban J connectivity index is 1.70. The lowest BCUT2D eigenvalue weighted by atomic mass is 9.76. The quantitative estimate of drug-likeness (QED) is 0.281. The fraction of sp³-hybridized carbons (Fsp3) is 0.333. The number of aromatic nitrogens is 1. The van der Waals surface area contributed by atoms with E-state index in [1.807, 2.05) is 0 Å². The molecule has 4 aromatic rings. The number of nitrogens with zero attached hydrogens (tertiary/aromatic N) is 1. The maximum atomic E-state index is 3.81. The van der Waals surface area contributed by atoms with Gasteiger partial charge in [-0.1, -0.05) is 89.8 Å². The first kappa shape index (κ1) is 24.6. The summed E-state index contributed by atoms with van der Waals surface area (Å²) in [7, 11) is -1.49. The van der Waals surface area contributed by atoms with Crippen molar-refractivity contribution in [3.8, 4) is 5.69 Å². The average molecular weight is 493 g/mol. The molecule has 1 aliphatic rings. The van der Waals surface area contributed by atoms with Gasteiger partial charge in [0.15, 0.2) is 0 Å². The van der Waals surface area contributed by atoms with E-state index in [9.17, 15) is 0 Å². The number of nitrogens with one attached hydrogen (secondary N) is 1. The molecule has 1 aromatic heterocycles. The summed E-state index contributed by atoms with van der Waals surface area (Å²) in [5, 5.41) is 7.99. The molecule has 1 aliphatic heterocycles. The van der Waals surface area contributed by atoms with Crippen molar-refractivity contribution in [2.45, 2.75) is 60.3 Å². The summed E-state index contributed by atoms with van der Waals surface area (Å²) in [5.74, 6) is 0.490. The SMILES string of the molecule is Cc1cc2c(cc1C1C=C(C(C)C(C)(C)C)C([Si](C)(C)C)=CN1)c1ccccc1n2-c1ccccc1. The van der Waals surface area contributed by atoms with Gasteiger partial charge in [0.05, 0.1) is 25.1 Å². The van der Waals surface area contributed by atoms with Crippen LogP contribution in [0.2, 0.25) is 19.6 Å². The molecule has 186 valence electrons. The van der Waals surface area contributed by atoms with Crippen LogP contribution in [0.4, 0.5) is 0 Å². The summed E-state index contributed by atoms with van der Waals surface area (Å²) in [6.07, 6.45) is 4.89. The van der Waals surface area contributed by atoms with Crippen molar-refractivity contribution in [2.75, 3.05) is 0 Å². The number of dihydropyridines is 1. The van der Waals surface area contributed by atoms with Gasteiger partial charge < -0.3 is 9.88 Å². The third-order valence-electron chi connectivity index (χ3n) is 8.05. The smallest absolute Gasteiger partial charge is 0.0798 e. The minimum Gasteiger partial charge on any atom is -0.381 e. The Morgan fingerprint density at radius 3 is 2.19 bits per heavy atom. The van der Waals surface area contributed by atoms with Gasteiger partial charge in [-0.2, -0.15) is 0 Å². The molecule has 2 atom stereocenters. The number of aryl methyl sites for hydroxylation is 1. The molecule has 2 heterocycles. The van der Waals surface area contributed by atoms with Crippen LogP contribution in [-0.2, 0) is 0 Å². The highest BCUT2D eigenvalue weighted by atomic mass is 28.3. The van der Waals surface area contributed by atoms with E-state index >= 15 is 0 Å². The third-order valence-corrected chi connectivity index (χ3v) is 10.1. The number of fused-ring (bicyclic) bond motifs is 3. The van der Waals surface area contributed by atoms with Crippen molar-refractivity contribution >= 4 is 29.9 Å². The standard InChI is InChI=1S/C33H40N2Si/c1-22-18-31-28(25-16-12-13-17-30(25)35(31)24-14-10-9-11-15-24)19-26(22)29-20-27(23(2)33(3,4)5)32(21-34-29)36(6,7)8/h9-21,23,29,34H,1-8H3. The predicted molar refractivity (Wildman–Crippen MR) is 160 cm³/mol. The first-order valence-electron chi connectivity index (χ1n) is 13.2. The summed E-state index contributed by atoms with van der Waals surface area (Å²) in [4.78, 5) is 0. The van der Waals surface area contributed by atoms with Crippen LogP contribution in [0.5, 0.6) is 0 Å². The van der Waals surface area contributed by atoms with Gasteiger partial charge in [-0.3, -0.25) is 0 Å². The van der Waals surface area contributed by atoms with Gasteiger partial charge >= 0.3 is 0 Å². The van der Waals surface area contributed by atoms with Crippen LogP contribution in [-0.4, -0.2) is 12.6 Å². The summed E-state index contributed by atoms with van der Waals surface area (Å²) >= 11 is 0. The highest BCUT2D eigenvalue weighted by Gasteiger charge is 2.34. The third kappa shape index (κ3) is 4.24. The van der Waals surface area contributed by atoms with Crippen LogP contribution in [0.1, 0.15) is 44.9 Å². The van der Waals surface area contributed by atoms with Crippen LogP contribution in [0.3, 0.4) is 0 Å². The molecule has 2 nitrogen and oxygen atoms in total. The fourth-order valence-electron chi connectivity index (χ4n) is 5.57. The Labute approximate surface area is 217 Å². The Morgan fingerprint density at radius 2 is 1.53 bits per heavy atom. The van der Waals surface area contributed by atoms with Crippen LogP contribution < -0.4 is 5.32 Å². The van der Waals surface area contributed by atoms with Crippen LogP contribution in [0.15, 0.2) is 89.8 Å². The molecular formula is C33H40N2Si. The van der Waals surface area contributed by atoms with E-state index in [2.05, 4.69) is 143 Å². The van der Waals surface area contributed by atoms with Crippen molar-refractivity contribution < 1.29 is 0 Å². The molecule has 3 heteroatoms. The van der Waals surface area contributed by atoms with Gasteiger partial charge in [0.1, 0.15) is 0 Å². The van der Waals surface area contributed by atoms with E-state index < -0.39 is 8.07 Å². The molecule has 0 bridgehead atoms. The molecule has 2 unspecified atom stereocenters. The number of para-hydroxylation sites is 2. The summed E-state index contributed by atoms with van der Waals surface area (Å²) < 4.78 is 2.40. The zero-order valence-electron chi connectivity index (χ0n) is 23.1. The topological polar surface area (TPSA) is 17.0 Å². The van der Waals surface area contributed by atoms with Gasteiger partial charge in [0.25, 0.3) is 0 Å². The number of hydrogen-bond donors (Lipinski definition) is 1. The second kappa shape index (κ2) is 8.81. The minimum absolute atomic E-state index is 0.174. The summed E-state index contributed by atoms with van der Waals surface area (Å²) in [5.41, 5.74) is 8.17. The molecule has 0 aliphatic carbocycles. The zero-order chi connectivity index (χ0) is 25.8. The highest BCUT2D eigenvalue weighted by molar-refractivity contribution is 6.84. The van der Waals surface area contributed by atoms with E-state index in [-0.39, 0.29) is 11.5 Å². The average Bonchev–Trinajstić information content (AvgIpc) is 3.15. The van der Waals surface area contributed by atoms with Gasteiger partial charge in [0.2, 0.25) is 0 Å². The lowest BCUT2D eigenvalue weighted by molar-refractivity contribution is 0.302. The Bertz CT molecular complexity index is 1490. The fourth-order valence-corrected chi connectivity index (χ4v) is 7.26. The molecule has 0 spiro atoms. The van der Waals surface area contributed by atoms with E-state index in [0.29, 0.717) is 5.92 Å². The lowest BCUT2D eigenvalue weighted by Gasteiger charge is -2.38. The van der Waals surface area contributed by atoms with Gasteiger partial charge in [-0.25, -0.2) is 0 Å². The molecular weight excluding hydrogens is 452 g/mol. The Hall–Kier alpha value is -3.04. The van der Waals surface area contributed by atoms with Crippen LogP contribution in [0.25, 0.3) is 27.5 Å². The number of allylic oxidation sites excluding steroid dienone is 2. The first-order valence-corrected chi connectivity index (χ1v) is 16.7. The monoisotopic (exact) mass is 492 g/mol. The first-order chi connectivity index (χ1) is 17.0. The van der Waals surface area contributed by atoms with Crippen molar-refractivity contribution in [2.24, 2.45) is 11.3 Å². The summed E-state index contributed by atoms with van der Waals surface area (Å²) in [6, 6.07) is 24.5. The van der Waals surface area contributed by atoms with Crippen LogP contribution >= 0.6 is 0 Å². The van der Waals surface area contributed by atoms with Crippen molar-refractivity contribution in [1.82, 2.24) is 9.88 Å². The minimum atomic E-state index is -1.49. The Kier molecular flexibility index (Phi) is 6.03. The number of rotatable bonds is 4. The molecule has 1 N–H and O–H groups in total. The molecule has 0 fully saturated rings. The molecule has 5 rings (SSSR count). The summed E-state index contributed by atoms with van der Waals surface area (Å²) in [6.45, 7) is 19.2. The van der Waals surface area contributed by atoms with E-state index in [1.165, 1.54) is 44.2 Å². The van der Waals surface area contributed by atoms with Gasteiger partial charge in [0, 0.05) is 16.5 Å². The maximum absolute atomic E-state index is 3.81. The molecule has 0 saturated carbocycles.